The zero-order chi connectivity index (χ0) is 31.5. The van der Waals surface area contributed by atoms with Crippen LogP contribution in [0.1, 0.15) is 84.7 Å². The van der Waals surface area contributed by atoms with Gasteiger partial charge in [0.2, 0.25) is 17.7 Å². The van der Waals surface area contributed by atoms with Gasteiger partial charge in [-0.15, -0.1) is 0 Å². The fraction of sp³-hybridized carbons (Fsp3) is 0.455. The van der Waals surface area contributed by atoms with Gasteiger partial charge in [0.05, 0.1) is 0 Å². The maximum atomic E-state index is 14.3. The largest absolute Gasteiger partial charge is 0.363 e. The van der Waals surface area contributed by atoms with Gasteiger partial charge in [-0.1, -0.05) is 24.3 Å². The molecule has 0 bridgehead atoms. The van der Waals surface area contributed by atoms with Crippen molar-refractivity contribution < 1.29 is 33.1 Å². The Morgan fingerprint density at radius 2 is 1.84 bits per heavy atom. The Morgan fingerprint density at radius 3 is 2.58 bits per heavy atom. The molecule has 1 saturated carbocycles. The van der Waals surface area contributed by atoms with E-state index in [1.165, 1.54) is 18.2 Å². The number of alkyl halides is 1. The van der Waals surface area contributed by atoms with E-state index in [2.05, 4.69) is 16.4 Å². The SMILES string of the molecule is O=C(N[C@H]1CCC[C@H]2CC[C@@H](C(=O)N3CC(c4cccnc4)CC34CC4)N2C1=O)c1ccc2ccc(C(F)P(=O)(O)O)cc2c1. The lowest BCUT2D eigenvalue weighted by atomic mass is 9.97. The van der Waals surface area contributed by atoms with E-state index in [9.17, 15) is 33.1 Å². The Bertz CT molecular complexity index is 1710. The van der Waals surface area contributed by atoms with E-state index in [1.54, 1.807) is 29.3 Å². The Labute approximate surface area is 260 Å². The second-order valence-corrected chi connectivity index (χ2v) is 14.7. The van der Waals surface area contributed by atoms with Crippen LogP contribution < -0.4 is 5.32 Å². The van der Waals surface area contributed by atoms with Gasteiger partial charge >= 0.3 is 7.60 Å². The molecule has 2 unspecified atom stereocenters. The number of hydrogen-bond donors (Lipinski definition) is 3. The van der Waals surface area contributed by atoms with Crippen molar-refractivity contribution in [2.45, 2.75) is 86.9 Å². The van der Waals surface area contributed by atoms with Crippen molar-refractivity contribution in [3.8, 4) is 0 Å². The van der Waals surface area contributed by atoms with Crippen molar-refractivity contribution in [3.05, 3.63) is 77.6 Å². The normalized spacial score (nSPS) is 26.5. The summed E-state index contributed by atoms with van der Waals surface area (Å²) in [6, 6.07) is 11.6. The third-order valence-electron chi connectivity index (χ3n) is 10.2. The maximum absolute atomic E-state index is 14.3. The zero-order valence-corrected chi connectivity index (χ0v) is 25.6. The average Bonchev–Trinajstić information content (AvgIpc) is 3.57. The smallest absolute Gasteiger partial charge is 0.340 e. The highest BCUT2D eigenvalue weighted by molar-refractivity contribution is 7.51. The van der Waals surface area contributed by atoms with Crippen molar-refractivity contribution in [1.29, 1.82) is 0 Å². The Morgan fingerprint density at radius 1 is 1.04 bits per heavy atom. The van der Waals surface area contributed by atoms with Gasteiger partial charge in [0.25, 0.3) is 5.91 Å². The quantitative estimate of drug-likeness (QED) is 0.338. The fourth-order valence-corrected chi connectivity index (χ4v) is 8.29. The zero-order valence-electron chi connectivity index (χ0n) is 24.7. The van der Waals surface area contributed by atoms with Crippen LogP contribution in [0.2, 0.25) is 0 Å². The molecule has 1 aliphatic carbocycles. The summed E-state index contributed by atoms with van der Waals surface area (Å²) in [4.78, 5) is 68.2. The molecule has 4 heterocycles. The number of nitrogens with one attached hydrogen (secondary N) is 1. The summed E-state index contributed by atoms with van der Waals surface area (Å²) >= 11 is 0. The van der Waals surface area contributed by atoms with Gasteiger partial charge in [-0.2, -0.15) is 0 Å². The van der Waals surface area contributed by atoms with Crippen molar-refractivity contribution in [3.63, 3.8) is 0 Å². The van der Waals surface area contributed by atoms with Crippen molar-refractivity contribution >= 4 is 36.1 Å². The summed E-state index contributed by atoms with van der Waals surface area (Å²) in [6.45, 7) is 0.620. The molecule has 1 spiro atoms. The van der Waals surface area contributed by atoms with Crippen molar-refractivity contribution in [2.24, 2.45) is 0 Å². The number of fused-ring (bicyclic) bond motifs is 2. The van der Waals surface area contributed by atoms with Gasteiger partial charge in [0.15, 0.2) is 0 Å². The fourth-order valence-electron chi connectivity index (χ4n) is 7.74. The van der Waals surface area contributed by atoms with E-state index in [4.69, 9.17) is 0 Å². The number of aromatic nitrogens is 1. The first-order chi connectivity index (χ1) is 21.5. The molecule has 5 atom stereocenters. The number of hydrogen-bond acceptors (Lipinski definition) is 5. The van der Waals surface area contributed by atoms with Crippen molar-refractivity contribution in [2.75, 3.05) is 6.54 Å². The lowest BCUT2D eigenvalue weighted by Gasteiger charge is -2.34. The molecule has 12 heteroatoms. The van der Waals surface area contributed by atoms with Crippen LogP contribution in [0.25, 0.3) is 10.8 Å². The third-order valence-corrected chi connectivity index (χ3v) is 11.1. The van der Waals surface area contributed by atoms with E-state index in [1.807, 2.05) is 17.2 Å². The molecule has 7 rings (SSSR count). The molecule has 4 fully saturated rings. The molecule has 0 radical (unpaired) electrons. The second kappa shape index (κ2) is 11.3. The highest BCUT2D eigenvalue weighted by Crippen LogP contribution is 2.55. The number of carbonyl (C=O) groups is 3. The molecule has 2 aromatic carbocycles. The van der Waals surface area contributed by atoms with Crippen molar-refractivity contribution in [1.82, 2.24) is 20.1 Å². The number of pyridine rings is 1. The van der Waals surface area contributed by atoms with E-state index in [-0.39, 0.29) is 40.4 Å². The second-order valence-electron chi connectivity index (χ2n) is 13.1. The molecule has 3 amide bonds. The van der Waals surface area contributed by atoms with E-state index in [0.29, 0.717) is 30.2 Å². The molecular formula is C33H36FN4O6P. The van der Waals surface area contributed by atoms with Crippen LogP contribution in [0, 0.1) is 0 Å². The van der Waals surface area contributed by atoms with Crippen LogP contribution in [-0.2, 0) is 14.2 Å². The van der Waals surface area contributed by atoms with Crippen LogP contribution >= 0.6 is 7.60 Å². The minimum absolute atomic E-state index is 0.00789. The van der Waals surface area contributed by atoms with Gasteiger partial charge < -0.3 is 24.9 Å². The maximum Gasteiger partial charge on any atom is 0.363 e. The first-order valence-electron chi connectivity index (χ1n) is 15.6. The minimum Gasteiger partial charge on any atom is -0.340 e. The van der Waals surface area contributed by atoms with Crippen LogP contribution in [0.3, 0.4) is 0 Å². The van der Waals surface area contributed by atoms with E-state index < -0.39 is 31.5 Å². The predicted molar refractivity (Wildman–Crippen MR) is 164 cm³/mol. The van der Waals surface area contributed by atoms with Gasteiger partial charge in [0.1, 0.15) is 12.1 Å². The Balaban J connectivity index is 1.08. The van der Waals surface area contributed by atoms with Crippen LogP contribution in [0.15, 0.2) is 60.9 Å². The standard InChI is InChI=1S/C33H36FN4O6P/c34-29(45(42,43)44)21-8-6-20-7-9-22(16-24(20)15-21)30(39)36-27-5-1-4-26-10-11-28(38(26)31(27)40)32(41)37-19-25(17-33(37)12-13-33)23-3-2-14-35-18-23/h2-3,6-9,14-16,18,25-29H,1,4-5,10-13,17,19H2,(H,36,39)(H2,42,43,44)/t25?,26-,27-,28-,29?/m0/s1. The Kier molecular flexibility index (Phi) is 7.54. The number of nitrogens with zero attached hydrogens (tertiary/aromatic N) is 3. The molecule has 4 aliphatic rings. The number of rotatable bonds is 6. The van der Waals surface area contributed by atoms with E-state index in [0.717, 1.165) is 44.1 Å². The highest BCUT2D eigenvalue weighted by atomic mass is 31.2. The van der Waals surface area contributed by atoms with Crippen LogP contribution in [0.5, 0.6) is 0 Å². The summed E-state index contributed by atoms with van der Waals surface area (Å²) in [5, 5.41) is 4.00. The van der Waals surface area contributed by atoms with Gasteiger partial charge in [-0.3, -0.25) is 23.9 Å². The summed E-state index contributed by atoms with van der Waals surface area (Å²) in [5.41, 5.74) is 1.05. The number of carbonyl (C=O) groups excluding carboxylic acids is 3. The molecule has 3 saturated heterocycles. The molecule has 3 N–H and O–H groups in total. The Hall–Kier alpha value is -3.66. The molecular weight excluding hydrogens is 598 g/mol. The summed E-state index contributed by atoms with van der Waals surface area (Å²) < 4.78 is 25.8. The lowest BCUT2D eigenvalue weighted by Crippen LogP contribution is -2.56. The first-order valence-corrected chi connectivity index (χ1v) is 17.3. The molecule has 3 aliphatic heterocycles. The summed E-state index contributed by atoms with van der Waals surface area (Å²) in [7, 11) is -4.99. The summed E-state index contributed by atoms with van der Waals surface area (Å²) in [5.74, 6) is -2.96. The number of halogens is 1. The summed E-state index contributed by atoms with van der Waals surface area (Å²) in [6.07, 6.45) is 9.80. The van der Waals surface area contributed by atoms with E-state index >= 15 is 0 Å². The van der Waals surface area contributed by atoms with Gasteiger partial charge in [-0.25, -0.2) is 4.39 Å². The predicted octanol–water partition coefficient (Wildman–Crippen LogP) is 4.57. The van der Waals surface area contributed by atoms with Crippen LogP contribution in [0.4, 0.5) is 4.39 Å². The molecule has 10 nitrogen and oxygen atoms in total. The molecule has 45 heavy (non-hydrogen) atoms. The molecule has 1 aromatic heterocycles. The molecule has 236 valence electrons. The average molecular weight is 635 g/mol. The first kappa shape index (κ1) is 30.0. The highest BCUT2D eigenvalue weighted by Gasteiger charge is 2.58. The minimum atomic E-state index is -4.99. The van der Waals surface area contributed by atoms with Gasteiger partial charge in [0, 0.05) is 42.0 Å². The third kappa shape index (κ3) is 5.55. The van der Waals surface area contributed by atoms with Gasteiger partial charge in [-0.05, 0) is 97.5 Å². The van der Waals surface area contributed by atoms with Crippen LogP contribution in [-0.4, -0.2) is 72.5 Å². The number of benzene rings is 2. The number of amides is 3. The molecule has 3 aromatic rings. The lowest BCUT2D eigenvalue weighted by molar-refractivity contribution is -0.147. The number of likely N-dealkylation sites (tertiary alicyclic amines) is 1. The topological polar surface area (TPSA) is 140 Å². The monoisotopic (exact) mass is 634 g/mol.